The molecule has 4 nitrogen and oxygen atoms in total. The van der Waals surface area contributed by atoms with E-state index >= 15 is 0 Å². The zero-order chi connectivity index (χ0) is 19.1. The number of nitrogens with two attached hydrogens (primary N) is 1. The fourth-order valence-corrected chi connectivity index (χ4v) is 3.35. The topological polar surface area (TPSA) is 55.6 Å². The SMILES string of the molecule is COC(N)CN1C(=O)[C@](C)(c2cccc(C(F)(F)F)c2)c2ccccc21. The number of alkyl halides is 3. The lowest BCUT2D eigenvalue weighted by Crippen LogP contribution is -2.45. The van der Waals surface area contributed by atoms with Crippen LogP contribution >= 0.6 is 0 Å². The van der Waals surface area contributed by atoms with Gasteiger partial charge in [0.2, 0.25) is 5.91 Å². The van der Waals surface area contributed by atoms with Crippen molar-refractivity contribution in [3.8, 4) is 0 Å². The molecule has 1 heterocycles. The predicted octanol–water partition coefficient (Wildman–Crippen LogP) is 3.29. The largest absolute Gasteiger partial charge is 0.416 e. The van der Waals surface area contributed by atoms with Gasteiger partial charge in [0.15, 0.2) is 0 Å². The van der Waals surface area contributed by atoms with Gasteiger partial charge in [-0.15, -0.1) is 0 Å². The zero-order valence-corrected chi connectivity index (χ0v) is 14.4. The Balaban J connectivity index is 2.13. The van der Waals surface area contributed by atoms with Crippen LogP contribution in [0.2, 0.25) is 0 Å². The standard InChI is InChI=1S/C19H19F3N2O2/c1-18(12-6-5-7-13(10-12)19(20,21)22)14-8-3-4-9-15(14)24(17(18)25)11-16(23)26-2/h3-10,16H,11,23H2,1-2H3/t16?,18-/m1/s1. The van der Waals surface area contributed by atoms with Crippen LogP contribution in [0.25, 0.3) is 0 Å². The molecule has 7 heteroatoms. The maximum atomic E-state index is 13.2. The van der Waals surface area contributed by atoms with E-state index in [1.807, 2.05) is 0 Å². The molecule has 1 aliphatic heterocycles. The summed E-state index contributed by atoms with van der Waals surface area (Å²) in [5.74, 6) is -0.328. The maximum absolute atomic E-state index is 13.2. The van der Waals surface area contributed by atoms with Crippen LogP contribution in [0.1, 0.15) is 23.6 Å². The highest BCUT2D eigenvalue weighted by atomic mass is 19.4. The molecule has 0 spiro atoms. The average molecular weight is 364 g/mol. The molecule has 0 aromatic heterocycles. The molecule has 0 aliphatic carbocycles. The fraction of sp³-hybridized carbons (Fsp3) is 0.316. The Labute approximate surface area is 149 Å². The second kappa shape index (κ2) is 6.41. The average Bonchev–Trinajstić information content (AvgIpc) is 2.84. The third-order valence-corrected chi connectivity index (χ3v) is 4.84. The predicted molar refractivity (Wildman–Crippen MR) is 91.7 cm³/mol. The van der Waals surface area contributed by atoms with Crippen LogP contribution in [-0.2, 0) is 21.1 Å². The Kier molecular flexibility index (Phi) is 4.54. The van der Waals surface area contributed by atoms with Gasteiger partial charge in [-0.2, -0.15) is 13.2 Å². The number of para-hydroxylation sites is 1. The van der Waals surface area contributed by atoms with E-state index in [4.69, 9.17) is 10.5 Å². The van der Waals surface area contributed by atoms with Crippen molar-refractivity contribution in [2.45, 2.75) is 24.7 Å². The molecule has 0 radical (unpaired) electrons. The van der Waals surface area contributed by atoms with Gasteiger partial charge < -0.3 is 15.4 Å². The van der Waals surface area contributed by atoms with Crippen LogP contribution in [0.15, 0.2) is 48.5 Å². The Bertz CT molecular complexity index is 838. The van der Waals surface area contributed by atoms with Crippen molar-refractivity contribution in [3.05, 3.63) is 65.2 Å². The van der Waals surface area contributed by atoms with Gasteiger partial charge in [-0.25, -0.2) is 0 Å². The van der Waals surface area contributed by atoms with E-state index in [9.17, 15) is 18.0 Å². The summed E-state index contributed by atoms with van der Waals surface area (Å²) in [5.41, 5.74) is 5.37. The Hall–Kier alpha value is -2.38. The van der Waals surface area contributed by atoms with Crippen molar-refractivity contribution in [1.82, 2.24) is 0 Å². The molecule has 0 saturated heterocycles. The summed E-state index contributed by atoms with van der Waals surface area (Å²) in [7, 11) is 1.43. The Morgan fingerprint density at radius 1 is 1.19 bits per heavy atom. The number of nitrogens with zero attached hydrogens (tertiary/aromatic N) is 1. The number of hydrogen-bond donors (Lipinski definition) is 1. The highest BCUT2D eigenvalue weighted by Crippen LogP contribution is 2.46. The van der Waals surface area contributed by atoms with Crippen molar-refractivity contribution in [1.29, 1.82) is 0 Å². The molecule has 2 aromatic carbocycles. The molecule has 0 fully saturated rings. The molecule has 2 N–H and O–H groups in total. The lowest BCUT2D eigenvalue weighted by Gasteiger charge is -2.26. The third-order valence-electron chi connectivity index (χ3n) is 4.84. The van der Waals surface area contributed by atoms with Crippen LogP contribution in [0.3, 0.4) is 0 Å². The number of halogens is 3. The van der Waals surface area contributed by atoms with E-state index in [0.717, 1.165) is 12.1 Å². The Morgan fingerprint density at radius 3 is 2.54 bits per heavy atom. The molecule has 1 aliphatic rings. The van der Waals surface area contributed by atoms with Gasteiger partial charge in [-0.3, -0.25) is 4.79 Å². The molecule has 0 bridgehead atoms. The van der Waals surface area contributed by atoms with E-state index < -0.39 is 23.4 Å². The van der Waals surface area contributed by atoms with Gasteiger partial charge in [0.05, 0.1) is 17.5 Å². The van der Waals surface area contributed by atoms with E-state index in [0.29, 0.717) is 16.8 Å². The van der Waals surface area contributed by atoms with Crippen molar-refractivity contribution in [3.63, 3.8) is 0 Å². The Morgan fingerprint density at radius 2 is 1.88 bits per heavy atom. The first-order valence-electron chi connectivity index (χ1n) is 8.07. The van der Waals surface area contributed by atoms with Crippen LogP contribution < -0.4 is 10.6 Å². The lowest BCUT2D eigenvalue weighted by atomic mass is 9.77. The summed E-state index contributed by atoms with van der Waals surface area (Å²) in [6, 6.07) is 11.9. The summed E-state index contributed by atoms with van der Waals surface area (Å²) in [6.45, 7) is 1.75. The number of ether oxygens (including phenoxy) is 1. The fourth-order valence-electron chi connectivity index (χ4n) is 3.35. The molecule has 1 amide bonds. The number of fused-ring (bicyclic) bond motifs is 1. The lowest BCUT2D eigenvalue weighted by molar-refractivity contribution is -0.137. The molecule has 2 aromatic rings. The maximum Gasteiger partial charge on any atom is 0.416 e. The quantitative estimate of drug-likeness (QED) is 0.847. The number of rotatable bonds is 4. The molecule has 1 unspecified atom stereocenters. The highest BCUT2D eigenvalue weighted by molar-refractivity contribution is 6.10. The van der Waals surface area contributed by atoms with Gasteiger partial charge in [-0.1, -0.05) is 36.4 Å². The van der Waals surface area contributed by atoms with Gasteiger partial charge in [0.25, 0.3) is 0 Å². The zero-order valence-electron chi connectivity index (χ0n) is 14.4. The van der Waals surface area contributed by atoms with E-state index in [2.05, 4.69) is 0 Å². The first-order valence-corrected chi connectivity index (χ1v) is 8.07. The van der Waals surface area contributed by atoms with Crippen LogP contribution in [0.4, 0.5) is 18.9 Å². The molecular weight excluding hydrogens is 345 g/mol. The van der Waals surface area contributed by atoms with E-state index in [1.54, 1.807) is 37.3 Å². The van der Waals surface area contributed by atoms with Crippen molar-refractivity contribution >= 4 is 11.6 Å². The second-order valence-corrected chi connectivity index (χ2v) is 6.41. The number of hydrogen-bond acceptors (Lipinski definition) is 3. The molecular formula is C19H19F3N2O2. The number of amides is 1. The minimum Gasteiger partial charge on any atom is -0.365 e. The van der Waals surface area contributed by atoms with Gasteiger partial charge in [0.1, 0.15) is 6.23 Å². The van der Waals surface area contributed by atoms with Crippen molar-refractivity contribution in [2.24, 2.45) is 5.73 Å². The summed E-state index contributed by atoms with van der Waals surface area (Å²) in [4.78, 5) is 14.7. The summed E-state index contributed by atoms with van der Waals surface area (Å²) in [5, 5.41) is 0. The van der Waals surface area contributed by atoms with Gasteiger partial charge in [0, 0.05) is 12.8 Å². The molecule has 0 saturated carbocycles. The minimum atomic E-state index is -4.48. The van der Waals surface area contributed by atoms with E-state index in [1.165, 1.54) is 18.1 Å². The molecule has 2 atom stereocenters. The van der Waals surface area contributed by atoms with Crippen molar-refractivity contribution in [2.75, 3.05) is 18.6 Å². The second-order valence-electron chi connectivity index (χ2n) is 6.41. The summed E-state index contributed by atoms with van der Waals surface area (Å²) < 4.78 is 44.5. The summed E-state index contributed by atoms with van der Waals surface area (Å²) in [6.07, 6.45) is -5.18. The van der Waals surface area contributed by atoms with Gasteiger partial charge in [-0.05, 0) is 30.2 Å². The number of carbonyl (C=O) groups excluding carboxylic acids is 1. The van der Waals surface area contributed by atoms with Crippen LogP contribution in [0.5, 0.6) is 0 Å². The van der Waals surface area contributed by atoms with Crippen LogP contribution in [-0.4, -0.2) is 25.8 Å². The molecule has 138 valence electrons. The molecule has 3 rings (SSSR count). The molecule has 26 heavy (non-hydrogen) atoms. The number of carbonyl (C=O) groups is 1. The smallest absolute Gasteiger partial charge is 0.365 e. The monoisotopic (exact) mass is 364 g/mol. The first-order chi connectivity index (χ1) is 12.2. The third kappa shape index (κ3) is 2.87. The van der Waals surface area contributed by atoms with Crippen LogP contribution in [0, 0.1) is 0 Å². The minimum absolute atomic E-state index is 0.112. The van der Waals surface area contributed by atoms with E-state index in [-0.39, 0.29) is 12.5 Å². The normalized spacial score (nSPS) is 21.0. The number of benzene rings is 2. The first kappa shape index (κ1) is 18.4. The summed E-state index contributed by atoms with van der Waals surface area (Å²) >= 11 is 0. The van der Waals surface area contributed by atoms with Crippen molar-refractivity contribution < 1.29 is 22.7 Å². The van der Waals surface area contributed by atoms with Gasteiger partial charge >= 0.3 is 6.18 Å². The number of methoxy groups -OCH3 is 1. The number of anilines is 1. The highest BCUT2D eigenvalue weighted by Gasteiger charge is 2.49.